The van der Waals surface area contributed by atoms with Crippen molar-refractivity contribution in [1.82, 2.24) is 10.3 Å². The van der Waals surface area contributed by atoms with Gasteiger partial charge in [-0.3, -0.25) is 4.79 Å². The first-order valence-electron chi connectivity index (χ1n) is 8.39. The number of nitrogens with zero attached hydrogens (tertiary/aromatic N) is 1. The molecule has 0 unspecified atom stereocenters. The van der Waals surface area contributed by atoms with Crippen LogP contribution in [0, 0.1) is 12.8 Å². The molecule has 152 valence electrons. The van der Waals surface area contributed by atoms with Crippen LogP contribution < -0.4 is 10.1 Å². The molecule has 28 heavy (non-hydrogen) atoms. The zero-order chi connectivity index (χ0) is 21.1. The van der Waals surface area contributed by atoms with Crippen LogP contribution in [-0.2, 0) is 4.79 Å². The van der Waals surface area contributed by atoms with E-state index < -0.39 is 24.3 Å². The van der Waals surface area contributed by atoms with Crippen LogP contribution in [0.4, 0.5) is 13.2 Å². The first kappa shape index (κ1) is 21.7. The SMILES string of the molecule is CC[C@@H](C)[C@H](NC(=O)c1sc(-c2ccc(OC(F)(F)F)cc2)nc1C)C(=O)O. The summed E-state index contributed by atoms with van der Waals surface area (Å²) >= 11 is 1.03. The van der Waals surface area contributed by atoms with Gasteiger partial charge in [0.2, 0.25) is 0 Å². The normalized spacial score (nSPS) is 13.6. The average molecular weight is 416 g/mol. The fourth-order valence-corrected chi connectivity index (χ4v) is 3.39. The highest BCUT2D eigenvalue weighted by Crippen LogP contribution is 2.30. The Morgan fingerprint density at radius 3 is 2.39 bits per heavy atom. The molecule has 10 heteroatoms. The summed E-state index contributed by atoms with van der Waals surface area (Å²) in [6.07, 6.45) is -4.20. The minimum absolute atomic E-state index is 0.250. The van der Waals surface area contributed by atoms with Gasteiger partial charge >= 0.3 is 12.3 Å². The molecule has 2 aromatic rings. The highest BCUT2D eigenvalue weighted by atomic mass is 32.1. The van der Waals surface area contributed by atoms with Crippen LogP contribution >= 0.6 is 11.3 Å². The maximum absolute atomic E-state index is 12.5. The molecular weight excluding hydrogens is 397 g/mol. The maximum atomic E-state index is 12.5. The van der Waals surface area contributed by atoms with Crippen molar-refractivity contribution >= 4 is 23.2 Å². The first-order valence-corrected chi connectivity index (χ1v) is 9.20. The number of carboxylic acid groups (broad SMARTS) is 1. The first-order chi connectivity index (χ1) is 13.0. The van der Waals surface area contributed by atoms with Crippen LogP contribution in [0.15, 0.2) is 24.3 Å². The van der Waals surface area contributed by atoms with Crippen molar-refractivity contribution in [1.29, 1.82) is 0 Å². The van der Waals surface area contributed by atoms with Crippen LogP contribution in [0.3, 0.4) is 0 Å². The minimum Gasteiger partial charge on any atom is -0.480 e. The van der Waals surface area contributed by atoms with Crippen molar-refractivity contribution in [2.24, 2.45) is 5.92 Å². The molecule has 0 bridgehead atoms. The van der Waals surface area contributed by atoms with Gasteiger partial charge in [0, 0.05) is 5.56 Å². The molecule has 6 nitrogen and oxygen atoms in total. The number of amides is 1. The molecule has 0 saturated heterocycles. The Morgan fingerprint density at radius 1 is 1.29 bits per heavy atom. The Hall–Kier alpha value is -2.62. The molecule has 0 aliphatic carbocycles. The number of carbonyl (C=O) groups is 2. The standard InChI is InChI=1S/C18H19F3N2O4S/c1-4-9(2)13(17(25)26)23-15(24)14-10(3)22-16(28-14)11-5-7-12(8-6-11)27-18(19,20)21/h5-9,13H,4H2,1-3H3,(H,23,24)(H,25,26)/t9-,13+/m1/s1. The van der Waals surface area contributed by atoms with Crippen molar-refractivity contribution in [3.05, 3.63) is 34.8 Å². The average Bonchev–Trinajstić information content (AvgIpc) is 2.99. The summed E-state index contributed by atoms with van der Waals surface area (Å²) in [5, 5.41) is 12.2. The monoisotopic (exact) mass is 416 g/mol. The number of hydrogen-bond acceptors (Lipinski definition) is 5. The van der Waals surface area contributed by atoms with Gasteiger partial charge in [0.25, 0.3) is 5.91 Å². The highest BCUT2D eigenvalue weighted by Gasteiger charge is 2.31. The van der Waals surface area contributed by atoms with E-state index in [-0.39, 0.29) is 16.5 Å². The summed E-state index contributed by atoms with van der Waals surface area (Å²) in [5.74, 6) is -2.29. The van der Waals surface area contributed by atoms with Gasteiger partial charge in [-0.1, -0.05) is 20.3 Å². The van der Waals surface area contributed by atoms with Crippen molar-refractivity contribution in [2.45, 2.75) is 39.6 Å². The number of alkyl halides is 3. The van der Waals surface area contributed by atoms with Crippen LogP contribution in [0.25, 0.3) is 10.6 Å². The summed E-state index contributed by atoms with van der Waals surface area (Å²) in [6, 6.07) is 4.09. The molecule has 0 fully saturated rings. The predicted molar refractivity (Wildman–Crippen MR) is 97.3 cm³/mol. The zero-order valence-corrected chi connectivity index (χ0v) is 16.1. The van der Waals surface area contributed by atoms with Crippen molar-refractivity contribution in [2.75, 3.05) is 0 Å². The van der Waals surface area contributed by atoms with Crippen molar-refractivity contribution in [3.8, 4) is 16.3 Å². The van der Waals surface area contributed by atoms with E-state index in [1.54, 1.807) is 13.8 Å². The lowest BCUT2D eigenvalue weighted by molar-refractivity contribution is -0.274. The van der Waals surface area contributed by atoms with E-state index in [1.165, 1.54) is 12.1 Å². The quantitative estimate of drug-likeness (QED) is 0.705. The summed E-state index contributed by atoms with van der Waals surface area (Å²) in [7, 11) is 0. The third kappa shape index (κ3) is 5.44. The number of carbonyl (C=O) groups excluding carboxylic acids is 1. The fourth-order valence-electron chi connectivity index (χ4n) is 2.42. The topological polar surface area (TPSA) is 88.5 Å². The zero-order valence-electron chi connectivity index (χ0n) is 15.3. The van der Waals surface area contributed by atoms with E-state index in [4.69, 9.17) is 0 Å². The molecule has 1 heterocycles. The lowest BCUT2D eigenvalue weighted by atomic mass is 9.99. The number of aliphatic carboxylic acids is 1. The molecule has 1 amide bonds. The van der Waals surface area contributed by atoms with E-state index in [0.29, 0.717) is 22.7 Å². The molecule has 1 aromatic heterocycles. The molecule has 1 aromatic carbocycles. The molecule has 0 saturated carbocycles. The van der Waals surface area contributed by atoms with Crippen molar-refractivity contribution < 1.29 is 32.6 Å². The van der Waals surface area contributed by atoms with E-state index in [9.17, 15) is 27.9 Å². The van der Waals surface area contributed by atoms with E-state index in [0.717, 1.165) is 23.5 Å². The molecule has 0 spiro atoms. The van der Waals surface area contributed by atoms with Crippen LogP contribution in [0.2, 0.25) is 0 Å². The number of halogens is 3. The van der Waals surface area contributed by atoms with Gasteiger partial charge in [-0.15, -0.1) is 24.5 Å². The second-order valence-electron chi connectivity index (χ2n) is 6.18. The Kier molecular flexibility index (Phi) is 6.65. The van der Waals surface area contributed by atoms with Gasteiger partial charge < -0.3 is 15.2 Å². The van der Waals surface area contributed by atoms with Gasteiger partial charge in [0.1, 0.15) is 21.7 Å². The van der Waals surface area contributed by atoms with Gasteiger partial charge in [-0.05, 0) is 37.1 Å². The molecular formula is C18H19F3N2O4S. The number of nitrogens with one attached hydrogen (secondary N) is 1. The number of benzene rings is 1. The van der Waals surface area contributed by atoms with E-state index in [2.05, 4.69) is 15.0 Å². The van der Waals surface area contributed by atoms with Gasteiger partial charge in [0.05, 0.1) is 5.69 Å². The van der Waals surface area contributed by atoms with Crippen LogP contribution in [0.1, 0.15) is 35.6 Å². The number of aromatic nitrogens is 1. The number of hydrogen-bond donors (Lipinski definition) is 2. The Morgan fingerprint density at radius 2 is 1.89 bits per heavy atom. The third-order valence-electron chi connectivity index (χ3n) is 4.10. The summed E-state index contributed by atoms with van der Waals surface area (Å²) < 4.78 is 40.5. The second kappa shape index (κ2) is 8.59. The van der Waals surface area contributed by atoms with Gasteiger partial charge in [0.15, 0.2) is 0 Å². The molecule has 0 radical (unpaired) electrons. The summed E-state index contributed by atoms with van der Waals surface area (Å²) in [5.41, 5.74) is 0.916. The van der Waals surface area contributed by atoms with Crippen LogP contribution in [-0.4, -0.2) is 34.4 Å². The van der Waals surface area contributed by atoms with Crippen molar-refractivity contribution in [3.63, 3.8) is 0 Å². The fraction of sp³-hybridized carbons (Fsp3) is 0.389. The molecule has 2 atom stereocenters. The van der Waals surface area contributed by atoms with Gasteiger partial charge in [-0.2, -0.15) is 0 Å². The predicted octanol–water partition coefficient (Wildman–Crippen LogP) is 4.25. The molecule has 2 rings (SSSR count). The van der Waals surface area contributed by atoms with E-state index in [1.807, 2.05) is 6.92 Å². The lowest BCUT2D eigenvalue weighted by Gasteiger charge is -2.19. The Balaban J connectivity index is 2.20. The Labute approximate surface area is 163 Å². The number of aryl methyl sites for hydroxylation is 1. The largest absolute Gasteiger partial charge is 0.573 e. The second-order valence-corrected chi connectivity index (χ2v) is 7.18. The smallest absolute Gasteiger partial charge is 0.480 e. The summed E-state index contributed by atoms with van der Waals surface area (Å²) in [4.78, 5) is 28.4. The maximum Gasteiger partial charge on any atom is 0.573 e. The van der Waals surface area contributed by atoms with E-state index >= 15 is 0 Å². The highest BCUT2D eigenvalue weighted by molar-refractivity contribution is 7.17. The molecule has 0 aliphatic heterocycles. The molecule has 2 N–H and O–H groups in total. The number of carboxylic acids is 1. The molecule has 0 aliphatic rings. The lowest BCUT2D eigenvalue weighted by Crippen LogP contribution is -2.44. The minimum atomic E-state index is -4.78. The number of ether oxygens (including phenoxy) is 1. The van der Waals surface area contributed by atoms with Gasteiger partial charge in [-0.25, -0.2) is 9.78 Å². The Bertz CT molecular complexity index is 850. The number of rotatable bonds is 7. The number of thiazole rings is 1. The summed E-state index contributed by atoms with van der Waals surface area (Å²) in [6.45, 7) is 5.17. The third-order valence-corrected chi connectivity index (χ3v) is 5.31. The van der Waals surface area contributed by atoms with Crippen LogP contribution in [0.5, 0.6) is 5.75 Å².